The molecule has 9 nitrogen and oxygen atoms in total. The molecule has 0 atom stereocenters. The number of benzene rings is 1. The first-order chi connectivity index (χ1) is 19.0. The molecule has 0 saturated carbocycles. The third-order valence-corrected chi connectivity index (χ3v) is 6.54. The van der Waals surface area contributed by atoms with Crippen LogP contribution in [0.15, 0.2) is 37.1 Å². The summed E-state index contributed by atoms with van der Waals surface area (Å²) >= 11 is 0. The van der Waals surface area contributed by atoms with Crippen molar-refractivity contribution in [2.75, 3.05) is 62.9 Å². The fraction of sp³-hybridized carbons (Fsp3) is 0.500. The van der Waals surface area contributed by atoms with Gasteiger partial charge in [-0.15, -0.1) is 10.2 Å². The molecule has 1 N–H and O–H groups in total. The van der Waals surface area contributed by atoms with Crippen LogP contribution in [0.1, 0.15) is 57.0 Å². The Bertz CT molecular complexity index is 1230. The average molecular weight is 537 g/mol. The van der Waals surface area contributed by atoms with E-state index < -0.39 is 0 Å². The molecule has 1 aliphatic rings. The Kier molecular flexibility index (Phi) is 11.8. The minimum Gasteiger partial charge on any atom is -0.486 e. The van der Waals surface area contributed by atoms with Gasteiger partial charge in [-0.05, 0) is 43.4 Å². The van der Waals surface area contributed by atoms with Gasteiger partial charge in [0.2, 0.25) is 5.65 Å². The molecule has 0 amide bonds. The molecule has 0 saturated heterocycles. The van der Waals surface area contributed by atoms with Crippen LogP contribution in [0.3, 0.4) is 0 Å². The second-order valence-electron chi connectivity index (χ2n) is 9.51. The van der Waals surface area contributed by atoms with E-state index in [1.54, 1.807) is 11.6 Å². The van der Waals surface area contributed by atoms with Gasteiger partial charge >= 0.3 is 0 Å². The van der Waals surface area contributed by atoms with Crippen molar-refractivity contribution in [1.29, 1.82) is 0 Å². The molecule has 0 radical (unpaired) electrons. The van der Waals surface area contributed by atoms with Crippen LogP contribution in [0.5, 0.6) is 5.75 Å². The van der Waals surface area contributed by atoms with E-state index in [9.17, 15) is 0 Å². The standard InChI is InChI=1S/C27H36N6O2.C3H8O/c1-6-13-31(14-7-2)23-10-8-9-22(21(23)4)12-11-20(3)26-29-30-27-25-24(19-28-33(26)27)32(15-17-34-5)16-18-35-25;1-2-3-4/h8-12,19H,3,6-7,13-18H2,1-2,4-5H3;4H,2-3H2,1H3/b12-11-;. The molecular formula is C30H44N6O3. The highest BCUT2D eigenvalue weighted by Gasteiger charge is 2.24. The van der Waals surface area contributed by atoms with Gasteiger partial charge in [0.05, 0.1) is 19.3 Å². The van der Waals surface area contributed by atoms with E-state index in [-0.39, 0.29) is 0 Å². The number of ether oxygens (including phenoxy) is 2. The van der Waals surface area contributed by atoms with Crippen LogP contribution in [0.4, 0.5) is 11.4 Å². The van der Waals surface area contributed by atoms with Gasteiger partial charge in [0, 0.05) is 44.6 Å². The average Bonchev–Trinajstić information content (AvgIpc) is 3.40. The molecule has 1 aromatic carbocycles. The minimum atomic E-state index is 0.319. The quantitative estimate of drug-likeness (QED) is 0.323. The van der Waals surface area contributed by atoms with Crippen molar-refractivity contribution in [3.8, 4) is 5.75 Å². The molecular weight excluding hydrogens is 492 g/mol. The molecule has 3 heterocycles. The highest BCUT2D eigenvalue weighted by molar-refractivity contribution is 5.78. The van der Waals surface area contributed by atoms with E-state index in [0.29, 0.717) is 37.0 Å². The Morgan fingerprint density at radius 2 is 1.92 bits per heavy atom. The lowest BCUT2D eigenvalue weighted by atomic mass is 10.0. The van der Waals surface area contributed by atoms with E-state index in [1.807, 2.05) is 19.2 Å². The number of methoxy groups -OCH3 is 1. The van der Waals surface area contributed by atoms with Crippen LogP contribution in [0, 0.1) is 6.92 Å². The molecule has 3 aromatic rings. The third kappa shape index (κ3) is 7.36. The first-order valence-electron chi connectivity index (χ1n) is 13.9. The molecule has 0 bridgehead atoms. The van der Waals surface area contributed by atoms with Crippen molar-refractivity contribution in [3.63, 3.8) is 0 Å². The van der Waals surface area contributed by atoms with Gasteiger partial charge in [0.25, 0.3) is 0 Å². The lowest BCUT2D eigenvalue weighted by molar-refractivity contribution is 0.201. The largest absolute Gasteiger partial charge is 0.486 e. The highest BCUT2D eigenvalue weighted by Crippen LogP contribution is 2.34. The number of nitrogens with zero attached hydrogens (tertiary/aromatic N) is 6. The third-order valence-electron chi connectivity index (χ3n) is 6.54. The molecule has 1 aliphatic heterocycles. The number of aliphatic hydroxyl groups is 1. The zero-order valence-corrected chi connectivity index (χ0v) is 24.2. The van der Waals surface area contributed by atoms with E-state index in [4.69, 9.17) is 14.6 Å². The second kappa shape index (κ2) is 15.2. The van der Waals surface area contributed by atoms with Crippen molar-refractivity contribution >= 4 is 28.7 Å². The Morgan fingerprint density at radius 3 is 2.59 bits per heavy atom. The smallest absolute Gasteiger partial charge is 0.222 e. The van der Waals surface area contributed by atoms with Crippen molar-refractivity contribution < 1.29 is 14.6 Å². The maximum Gasteiger partial charge on any atom is 0.222 e. The lowest BCUT2D eigenvalue weighted by Crippen LogP contribution is -2.35. The normalized spacial score (nSPS) is 12.7. The zero-order chi connectivity index (χ0) is 28.2. The van der Waals surface area contributed by atoms with Crippen molar-refractivity contribution in [1.82, 2.24) is 19.8 Å². The first kappa shape index (κ1) is 30.1. The van der Waals surface area contributed by atoms with Crippen molar-refractivity contribution in [2.45, 2.75) is 47.0 Å². The van der Waals surface area contributed by atoms with Gasteiger partial charge in [0.1, 0.15) is 12.3 Å². The Balaban J connectivity index is 0.000000983. The molecule has 0 spiro atoms. The van der Waals surface area contributed by atoms with Gasteiger partial charge in [-0.25, -0.2) is 0 Å². The van der Waals surface area contributed by atoms with E-state index in [1.165, 1.54) is 11.3 Å². The van der Waals surface area contributed by atoms with Gasteiger partial charge in [0.15, 0.2) is 11.6 Å². The van der Waals surface area contributed by atoms with Crippen molar-refractivity contribution in [3.05, 3.63) is 54.0 Å². The number of allylic oxidation sites excluding steroid dienone is 2. The summed E-state index contributed by atoms with van der Waals surface area (Å²) in [6.07, 6.45) is 9.02. The molecule has 39 heavy (non-hydrogen) atoms. The predicted octanol–water partition coefficient (Wildman–Crippen LogP) is 5.02. The summed E-state index contributed by atoms with van der Waals surface area (Å²) in [5.74, 6) is 1.30. The molecule has 9 heteroatoms. The molecule has 0 aliphatic carbocycles. The number of aromatic nitrogens is 4. The maximum absolute atomic E-state index is 7.88. The number of fused-ring (bicyclic) bond motifs is 3. The minimum absolute atomic E-state index is 0.319. The molecule has 0 fully saturated rings. The van der Waals surface area contributed by atoms with Crippen LogP contribution in [-0.4, -0.2) is 78.0 Å². The highest BCUT2D eigenvalue weighted by atomic mass is 16.5. The summed E-state index contributed by atoms with van der Waals surface area (Å²) in [4.78, 5) is 4.67. The number of hydrogen-bond donors (Lipinski definition) is 1. The summed E-state index contributed by atoms with van der Waals surface area (Å²) in [6, 6.07) is 6.47. The van der Waals surface area contributed by atoms with E-state index >= 15 is 0 Å². The first-order valence-corrected chi connectivity index (χ1v) is 13.9. The van der Waals surface area contributed by atoms with Crippen LogP contribution < -0.4 is 14.5 Å². The Morgan fingerprint density at radius 1 is 1.18 bits per heavy atom. The summed E-state index contributed by atoms with van der Waals surface area (Å²) < 4.78 is 12.9. The summed E-state index contributed by atoms with van der Waals surface area (Å²) in [5, 5.41) is 21.3. The summed E-state index contributed by atoms with van der Waals surface area (Å²) in [5.41, 5.74) is 5.97. The Labute approximate surface area is 232 Å². The summed E-state index contributed by atoms with van der Waals surface area (Å²) in [6.45, 7) is 18.0. The zero-order valence-electron chi connectivity index (χ0n) is 24.2. The van der Waals surface area contributed by atoms with Crippen LogP contribution in [0.2, 0.25) is 0 Å². The molecule has 0 unspecified atom stereocenters. The number of hydrogen-bond acceptors (Lipinski definition) is 8. The van der Waals surface area contributed by atoms with Gasteiger partial charge in [-0.1, -0.05) is 51.6 Å². The van der Waals surface area contributed by atoms with Crippen LogP contribution in [0.25, 0.3) is 17.3 Å². The number of anilines is 2. The van der Waals surface area contributed by atoms with E-state index in [0.717, 1.165) is 62.3 Å². The number of rotatable bonds is 12. The topological polar surface area (TPSA) is 88.3 Å². The van der Waals surface area contributed by atoms with Crippen molar-refractivity contribution in [2.24, 2.45) is 0 Å². The fourth-order valence-corrected chi connectivity index (χ4v) is 4.51. The molecule has 2 aromatic heterocycles. The fourth-order valence-electron chi connectivity index (χ4n) is 4.51. The van der Waals surface area contributed by atoms with Gasteiger partial charge in [-0.2, -0.15) is 9.61 Å². The molecule has 212 valence electrons. The number of aliphatic hydroxyl groups excluding tert-OH is 1. The monoisotopic (exact) mass is 536 g/mol. The van der Waals surface area contributed by atoms with E-state index in [2.05, 4.69) is 76.7 Å². The SMILES string of the molecule is C=C(/C=C\c1cccc(N(CCC)CCC)c1C)c1nnc2c3c(cnn12)N(CCOC)CCO3.CCCO. The predicted molar refractivity (Wildman–Crippen MR) is 160 cm³/mol. The molecule has 4 rings (SSSR count). The van der Waals surface area contributed by atoms with Crippen LogP contribution in [-0.2, 0) is 4.74 Å². The maximum atomic E-state index is 7.88. The van der Waals surface area contributed by atoms with Gasteiger partial charge in [-0.3, -0.25) is 0 Å². The summed E-state index contributed by atoms with van der Waals surface area (Å²) in [7, 11) is 1.71. The Hall–Kier alpha value is -3.43. The van der Waals surface area contributed by atoms with Gasteiger partial charge < -0.3 is 24.4 Å². The second-order valence-corrected chi connectivity index (χ2v) is 9.51. The van der Waals surface area contributed by atoms with Crippen LogP contribution >= 0.6 is 0 Å². The lowest BCUT2D eigenvalue weighted by Gasteiger charge is -2.30.